The number of carboxylic acids is 1. The number of carboxylic acid groups (broad SMARTS) is 1. The second-order valence-corrected chi connectivity index (χ2v) is 10.2. The van der Waals surface area contributed by atoms with E-state index >= 15 is 0 Å². The molecule has 1 aliphatic rings. The van der Waals surface area contributed by atoms with Crippen LogP contribution in [0.5, 0.6) is 5.75 Å². The Kier molecular flexibility index (Phi) is 5.59. The first kappa shape index (κ1) is 21.1. The van der Waals surface area contributed by atoms with Gasteiger partial charge in [-0.2, -0.15) is 0 Å². The number of allylic oxidation sites excluding steroid dienone is 1. The molecule has 2 aromatic rings. The topological polar surface area (TPSA) is 80.7 Å². The molecular weight excluding hydrogens is 388 g/mol. The van der Waals surface area contributed by atoms with Crippen LogP contribution in [0.1, 0.15) is 60.7 Å². The predicted octanol–water partition coefficient (Wildman–Crippen LogP) is 4.80. The van der Waals surface area contributed by atoms with E-state index in [9.17, 15) is 13.2 Å². The van der Waals surface area contributed by atoms with Gasteiger partial charge in [0.05, 0.1) is 23.3 Å². The lowest BCUT2D eigenvalue weighted by Crippen LogP contribution is -2.18. The van der Waals surface area contributed by atoms with Gasteiger partial charge in [-0.15, -0.1) is 0 Å². The molecule has 3 rings (SSSR count). The smallest absolute Gasteiger partial charge is 0.335 e. The fourth-order valence-electron chi connectivity index (χ4n) is 3.82. The first-order valence-corrected chi connectivity index (χ1v) is 11.2. The highest BCUT2D eigenvalue weighted by Gasteiger charge is 2.34. The van der Waals surface area contributed by atoms with Crippen molar-refractivity contribution in [2.45, 2.75) is 43.9 Å². The molecule has 154 valence electrons. The SMILES string of the molecule is COc1cc2c(cc1/C(C)=C/c1ccc(C(=O)O)cc1)C(C)(C)CCCS2(=O)=O. The molecule has 0 radical (unpaired) electrons. The number of hydrogen-bond acceptors (Lipinski definition) is 4. The van der Waals surface area contributed by atoms with E-state index in [4.69, 9.17) is 9.84 Å². The second-order valence-electron chi connectivity index (χ2n) is 8.11. The monoisotopic (exact) mass is 414 g/mol. The van der Waals surface area contributed by atoms with Gasteiger partial charge in [0.15, 0.2) is 9.84 Å². The van der Waals surface area contributed by atoms with E-state index in [2.05, 4.69) is 13.8 Å². The summed E-state index contributed by atoms with van der Waals surface area (Å²) < 4.78 is 31.1. The molecule has 0 unspecified atom stereocenters. The van der Waals surface area contributed by atoms with E-state index < -0.39 is 15.8 Å². The van der Waals surface area contributed by atoms with E-state index in [1.165, 1.54) is 7.11 Å². The minimum Gasteiger partial charge on any atom is -0.496 e. The number of aromatic carboxylic acids is 1. The largest absolute Gasteiger partial charge is 0.496 e. The fourth-order valence-corrected chi connectivity index (χ4v) is 5.52. The Balaban J connectivity index is 2.14. The van der Waals surface area contributed by atoms with E-state index in [-0.39, 0.29) is 16.7 Å². The number of benzene rings is 2. The van der Waals surface area contributed by atoms with E-state index in [0.29, 0.717) is 17.1 Å². The van der Waals surface area contributed by atoms with Gasteiger partial charge < -0.3 is 9.84 Å². The molecular formula is C23H26O5S. The molecule has 1 heterocycles. The lowest BCUT2D eigenvalue weighted by molar-refractivity contribution is 0.0697. The van der Waals surface area contributed by atoms with Crippen LogP contribution >= 0.6 is 0 Å². The summed E-state index contributed by atoms with van der Waals surface area (Å²) >= 11 is 0. The lowest BCUT2D eigenvalue weighted by atomic mass is 9.79. The van der Waals surface area contributed by atoms with Crippen molar-refractivity contribution in [1.82, 2.24) is 0 Å². The Bertz CT molecular complexity index is 1080. The van der Waals surface area contributed by atoms with Crippen molar-refractivity contribution in [2.75, 3.05) is 12.9 Å². The third kappa shape index (κ3) is 4.22. The lowest BCUT2D eigenvalue weighted by Gasteiger charge is -2.26. The molecule has 0 bridgehead atoms. The summed E-state index contributed by atoms with van der Waals surface area (Å²) in [4.78, 5) is 11.4. The number of hydrogen-bond donors (Lipinski definition) is 1. The zero-order valence-corrected chi connectivity index (χ0v) is 18.0. The van der Waals surface area contributed by atoms with Crippen molar-refractivity contribution >= 4 is 27.5 Å². The van der Waals surface area contributed by atoms with Crippen LogP contribution < -0.4 is 4.74 Å². The number of methoxy groups -OCH3 is 1. The summed E-state index contributed by atoms with van der Waals surface area (Å²) in [6, 6.07) is 10.2. The van der Waals surface area contributed by atoms with E-state index in [0.717, 1.165) is 28.7 Å². The van der Waals surface area contributed by atoms with E-state index in [1.807, 2.05) is 19.1 Å². The molecule has 1 N–H and O–H groups in total. The molecule has 1 aliphatic heterocycles. The molecule has 0 fully saturated rings. The van der Waals surface area contributed by atoms with Crippen LogP contribution in [-0.2, 0) is 15.3 Å². The van der Waals surface area contributed by atoms with Crippen molar-refractivity contribution in [3.05, 3.63) is 58.7 Å². The number of ether oxygens (including phenoxy) is 1. The summed E-state index contributed by atoms with van der Waals surface area (Å²) in [5.41, 5.74) is 3.39. The minimum absolute atomic E-state index is 0.149. The third-order valence-corrected chi connectivity index (χ3v) is 7.38. The minimum atomic E-state index is -3.35. The Morgan fingerprint density at radius 3 is 2.41 bits per heavy atom. The van der Waals surface area contributed by atoms with Crippen LogP contribution in [0.15, 0.2) is 41.3 Å². The number of sulfone groups is 1. The van der Waals surface area contributed by atoms with E-state index in [1.54, 1.807) is 30.3 Å². The first-order valence-electron chi connectivity index (χ1n) is 9.52. The third-order valence-electron chi connectivity index (χ3n) is 5.55. The number of rotatable bonds is 4. The summed E-state index contributed by atoms with van der Waals surface area (Å²) in [6.07, 6.45) is 3.37. The Morgan fingerprint density at radius 1 is 1.17 bits per heavy atom. The molecule has 0 saturated carbocycles. The van der Waals surface area contributed by atoms with Crippen LogP contribution in [0.3, 0.4) is 0 Å². The Labute approximate surface area is 172 Å². The molecule has 0 saturated heterocycles. The summed E-state index contributed by atoms with van der Waals surface area (Å²) in [5.74, 6) is -0.300. The molecule has 2 aromatic carbocycles. The summed E-state index contributed by atoms with van der Waals surface area (Å²) in [5, 5.41) is 9.05. The summed E-state index contributed by atoms with van der Waals surface area (Å²) in [7, 11) is -1.82. The highest BCUT2D eigenvalue weighted by atomic mass is 32.2. The van der Waals surface area contributed by atoms with Gasteiger partial charge in [-0.3, -0.25) is 0 Å². The highest BCUT2D eigenvalue weighted by molar-refractivity contribution is 7.91. The molecule has 0 aromatic heterocycles. The molecule has 0 spiro atoms. The maximum atomic E-state index is 12.8. The van der Waals surface area contributed by atoms with Crippen LogP contribution in [0.25, 0.3) is 11.6 Å². The van der Waals surface area contributed by atoms with Crippen molar-refractivity contribution in [3.63, 3.8) is 0 Å². The normalized spacial score (nSPS) is 17.9. The maximum absolute atomic E-state index is 12.8. The molecule has 0 amide bonds. The van der Waals surface area contributed by atoms with Crippen LogP contribution in [0.2, 0.25) is 0 Å². The summed E-state index contributed by atoms with van der Waals surface area (Å²) in [6.45, 7) is 6.09. The molecule has 6 heteroatoms. The van der Waals surface area contributed by atoms with Gasteiger partial charge in [-0.25, -0.2) is 13.2 Å². The average Bonchev–Trinajstić information content (AvgIpc) is 2.74. The van der Waals surface area contributed by atoms with Crippen molar-refractivity contribution in [2.24, 2.45) is 0 Å². The van der Waals surface area contributed by atoms with Gasteiger partial charge in [0, 0.05) is 5.56 Å². The maximum Gasteiger partial charge on any atom is 0.335 e. The fraction of sp³-hybridized carbons (Fsp3) is 0.348. The molecule has 0 atom stereocenters. The van der Waals surface area contributed by atoms with Gasteiger partial charge in [0.25, 0.3) is 0 Å². The molecule has 0 aliphatic carbocycles. The predicted molar refractivity (Wildman–Crippen MR) is 114 cm³/mol. The highest BCUT2D eigenvalue weighted by Crippen LogP contribution is 2.42. The van der Waals surface area contributed by atoms with Gasteiger partial charge in [-0.1, -0.05) is 32.1 Å². The van der Waals surface area contributed by atoms with Crippen molar-refractivity contribution in [3.8, 4) is 5.75 Å². The Hall–Kier alpha value is -2.60. The standard InChI is InChI=1S/C23H26O5S/c1-15(12-16-6-8-17(9-7-16)22(24)25)18-13-19-21(14-20(18)28-4)29(26,27)11-5-10-23(19,2)3/h6-9,12-14H,5,10-11H2,1-4H3,(H,24,25)/b15-12+. The molecule has 29 heavy (non-hydrogen) atoms. The average molecular weight is 415 g/mol. The van der Waals surface area contributed by atoms with Crippen LogP contribution in [0, 0.1) is 0 Å². The Morgan fingerprint density at radius 2 is 1.83 bits per heavy atom. The van der Waals surface area contributed by atoms with Gasteiger partial charge in [-0.05, 0) is 66.1 Å². The van der Waals surface area contributed by atoms with Crippen molar-refractivity contribution < 1.29 is 23.1 Å². The van der Waals surface area contributed by atoms with Gasteiger partial charge in [0.1, 0.15) is 5.75 Å². The zero-order valence-electron chi connectivity index (χ0n) is 17.2. The number of fused-ring (bicyclic) bond motifs is 1. The zero-order chi connectivity index (χ0) is 21.4. The number of carbonyl (C=O) groups is 1. The molecule has 5 nitrogen and oxygen atoms in total. The second kappa shape index (κ2) is 7.67. The first-order chi connectivity index (χ1) is 13.5. The van der Waals surface area contributed by atoms with Crippen LogP contribution in [-0.4, -0.2) is 32.4 Å². The van der Waals surface area contributed by atoms with Gasteiger partial charge in [0.2, 0.25) is 0 Å². The quantitative estimate of drug-likeness (QED) is 0.727. The van der Waals surface area contributed by atoms with Gasteiger partial charge >= 0.3 is 5.97 Å². The van der Waals surface area contributed by atoms with Crippen molar-refractivity contribution in [1.29, 1.82) is 0 Å². The van der Waals surface area contributed by atoms with Crippen LogP contribution in [0.4, 0.5) is 0 Å².